The number of carbonyl (C=O) groups is 2. The zero-order valence-corrected chi connectivity index (χ0v) is 11.3. The van der Waals surface area contributed by atoms with E-state index in [1.54, 1.807) is 6.92 Å². The van der Waals surface area contributed by atoms with Crippen LogP contribution >= 0.6 is 0 Å². The summed E-state index contributed by atoms with van der Waals surface area (Å²) < 4.78 is 0. The number of carbonyl (C=O) groups excluding carboxylic acids is 2. The molecule has 102 valence electrons. The minimum atomic E-state index is 0.0252. The van der Waals surface area contributed by atoms with E-state index >= 15 is 0 Å². The lowest BCUT2D eigenvalue weighted by atomic mass is 10.0. The summed E-state index contributed by atoms with van der Waals surface area (Å²) in [6.07, 6.45) is 2.75. The van der Waals surface area contributed by atoms with Gasteiger partial charge in [-0.3, -0.25) is 9.59 Å². The van der Waals surface area contributed by atoms with Crippen molar-refractivity contribution in [3.05, 3.63) is 0 Å². The van der Waals surface area contributed by atoms with Crippen molar-refractivity contribution in [1.82, 2.24) is 15.1 Å². The first-order chi connectivity index (χ1) is 8.56. The summed E-state index contributed by atoms with van der Waals surface area (Å²) in [4.78, 5) is 27.5. The summed E-state index contributed by atoms with van der Waals surface area (Å²) in [7, 11) is 2.07. The molecule has 0 aromatic rings. The quantitative estimate of drug-likeness (QED) is 0.757. The molecule has 1 atom stereocenters. The van der Waals surface area contributed by atoms with Crippen LogP contribution in [0.3, 0.4) is 0 Å². The maximum absolute atomic E-state index is 12.3. The van der Waals surface area contributed by atoms with Gasteiger partial charge in [-0.2, -0.15) is 0 Å². The highest BCUT2D eigenvalue weighted by molar-refractivity contribution is 5.79. The van der Waals surface area contributed by atoms with Gasteiger partial charge in [0.05, 0.1) is 5.92 Å². The summed E-state index contributed by atoms with van der Waals surface area (Å²) >= 11 is 0. The van der Waals surface area contributed by atoms with Gasteiger partial charge < -0.3 is 15.1 Å². The molecule has 1 unspecified atom stereocenters. The molecule has 0 aliphatic carbocycles. The van der Waals surface area contributed by atoms with Crippen molar-refractivity contribution in [1.29, 1.82) is 0 Å². The minimum Gasteiger partial charge on any atom is -0.353 e. The summed E-state index contributed by atoms with van der Waals surface area (Å²) in [6, 6.07) is 0.248. The second-order valence-electron chi connectivity index (χ2n) is 5.55. The monoisotopic (exact) mass is 253 g/mol. The SMILES string of the molecule is CC(=O)NC1CCN(C(=O)C2CCN(C)C2)CC1. The van der Waals surface area contributed by atoms with Crippen LogP contribution in [-0.4, -0.2) is 60.9 Å². The second-order valence-corrected chi connectivity index (χ2v) is 5.55. The molecule has 0 saturated carbocycles. The average molecular weight is 253 g/mol. The first kappa shape index (κ1) is 13.3. The van der Waals surface area contributed by atoms with Crippen LogP contribution in [0.15, 0.2) is 0 Å². The third-order valence-corrected chi connectivity index (χ3v) is 3.95. The van der Waals surface area contributed by atoms with E-state index in [1.165, 1.54) is 0 Å². The van der Waals surface area contributed by atoms with Crippen molar-refractivity contribution >= 4 is 11.8 Å². The lowest BCUT2D eigenvalue weighted by molar-refractivity contribution is -0.136. The Labute approximate surface area is 108 Å². The van der Waals surface area contributed by atoms with Crippen molar-refractivity contribution in [2.45, 2.75) is 32.2 Å². The van der Waals surface area contributed by atoms with Gasteiger partial charge in [-0.05, 0) is 32.9 Å². The number of rotatable bonds is 2. The van der Waals surface area contributed by atoms with Crippen LogP contribution in [0.1, 0.15) is 26.2 Å². The van der Waals surface area contributed by atoms with Gasteiger partial charge in [-0.15, -0.1) is 0 Å². The van der Waals surface area contributed by atoms with Crippen molar-refractivity contribution < 1.29 is 9.59 Å². The van der Waals surface area contributed by atoms with E-state index in [2.05, 4.69) is 17.3 Å². The van der Waals surface area contributed by atoms with Gasteiger partial charge in [0, 0.05) is 32.6 Å². The van der Waals surface area contributed by atoms with E-state index in [0.717, 1.165) is 45.4 Å². The Kier molecular flexibility index (Phi) is 4.22. The number of amides is 2. The van der Waals surface area contributed by atoms with Gasteiger partial charge in [0.1, 0.15) is 0 Å². The Hall–Kier alpha value is -1.10. The van der Waals surface area contributed by atoms with Gasteiger partial charge in [0.15, 0.2) is 0 Å². The van der Waals surface area contributed by atoms with Gasteiger partial charge >= 0.3 is 0 Å². The summed E-state index contributed by atoms with van der Waals surface area (Å²) in [5.74, 6) is 0.519. The van der Waals surface area contributed by atoms with Crippen LogP contribution in [-0.2, 0) is 9.59 Å². The normalized spacial score (nSPS) is 26.3. The fraction of sp³-hybridized carbons (Fsp3) is 0.846. The van der Waals surface area contributed by atoms with Crippen molar-refractivity contribution in [2.75, 3.05) is 33.2 Å². The van der Waals surface area contributed by atoms with Gasteiger partial charge in [-0.25, -0.2) is 0 Å². The van der Waals surface area contributed by atoms with Gasteiger partial charge in [-0.1, -0.05) is 0 Å². The summed E-state index contributed by atoms with van der Waals surface area (Å²) in [5.41, 5.74) is 0. The molecule has 5 nitrogen and oxygen atoms in total. The van der Waals surface area contributed by atoms with Crippen molar-refractivity contribution in [2.24, 2.45) is 5.92 Å². The lowest BCUT2D eigenvalue weighted by Crippen LogP contribution is -2.47. The molecular formula is C13H23N3O2. The van der Waals surface area contributed by atoms with E-state index < -0.39 is 0 Å². The van der Waals surface area contributed by atoms with Crippen molar-refractivity contribution in [3.8, 4) is 0 Å². The molecule has 0 bridgehead atoms. The first-order valence-corrected chi connectivity index (χ1v) is 6.80. The predicted molar refractivity (Wildman–Crippen MR) is 69.0 cm³/mol. The van der Waals surface area contributed by atoms with Gasteiger partial charge in [0.25, 0.3) is 0 Å². The van der Waals surface area contributed by atoms with Crippen LogP contribution in [0.2, 0.25) is 0 Å². The second kappa shape index (κ2) is 5.69. The molecule has 0 aromatic carbocycles. The minimum absolute atomic E-state index is 0.0252. The Morgan fingerprint density at radius 1 is 1.11 bits per heavy atom. The number of hydrogen-bond acceptors (Lipinski definition) is 3. The van der Waals surface area contributed by atoms with Crippen LogP contribution in [0, 0.1) is 5.92 Å². The zero-order chi connectivity index (χ0) is 13.1. The van der Waals surface area contributed by atoms with E-state index in [-0.39, 0.29) is 17.9 Å². The predicted octanol–water partition coefficient (Wildman–Crippen LogP) is 0.0652. The molecule has 0 radical (unpaired) electrons. The van der Waals surface area contributed by atoms with Gasteiger partial charge in [0.2, 0.25) is 11.8 Å². The summed E-state index contributed by atoms with van der Waals surface area (Å²) in [5, 5.41) is 2.93. The molecule has 2 saturated heterocycles. The van der Waals surface area contributed by atoms with E-state index in [0.29, 0.717) is 5.91 Å². The van der Waals surface area contributed by atoms with Crippen molar-refractivity contribution in [3.63, 3.8) is 0 Å². The maximum Gasteiger partial charge on any atom is 0.227 e. The Bertz CT molecular complexity index is 324. The van der Waals surface area contributed by atoms with E-state index in [1.807, 2.05) is 4.90 Å². The fourth-order valence-electron chi connectivity index (χ4n) is 2.93. The molecule has 2 amide bonds. The lowest BCUT2D eigenvalue weighted by Gasteiger charge is -2.33. The number of hydrogen-bond donors (Lipinski definition) is 1. The largest absolute Gasteiger partial charge is 0.353 e. The zero-order valence-electron chi connectivity index (χ0n) is 11.3. The number of nitrogens with one attached hydrogen (secondary N) is 1. The molecule has 2 aliphatic rings. The fourth-order valence-corrected chi connectivity index (χ4v) is 2.93. The highest BCUT2D eigenvalue weighted by Gasteiger charge is 2.31. The molecule has 0 aromatic heterocycles. The maximum atomic E-state index is 12.3. The van der Waals surface area contributed by atoms with Crippen LogP contribution < -0.4 is 5.32 Å². The van der Waals surface area contributed by atoms with E-state index in [4.69, 9.17) is 0 Å². The molecule has 2 heterocycles. The Morgan fingerprint density at radius 2 is 1.78 bits per heavy atom. The first-order valence-electron chi connectivity index (χ1n) is 6.80. The number of nitrogens with zero attached hydrogens (tertiary/aromatic N) is 2. The number of piperidine rings is 1. The molecule has 18 heavy (non-hydrogen) atoms. The average Bonchev–Trinajstić information content (AvgIpc) is 2.75. The molecule has 0 spiro atoms. The highest BCUT2D eigenvalue weighted by Crippen LogP contribution is 2.20. The standard InChI is InChI=1S/C13H23N3O2/c1-10(17)14-12-4-7-16(8-5-12)13(18)11-3-6-15(2)9-11/h11-12H,3-9H2,1-2H3,(H,14,17). The molecular weight excluding hydrogens is 230 g/mol. The highest BCUT2D eigenvalue weighted by atomic mass is 16.2. The summed E-state index contributed by atoms with van der Waals surface area (Å²) in [6.45, 7) is 5.03. The molecule has 2 fully saturated rings. The molecule has 2 aliphatic heterocycles. The number of likely N-dealkylation sites (tertiary alicyclic amines) is 2. The smallest absolute Gasteiger partial charge is 0.227 e. The van der Waals surface area contributed by atoms with E-state index in [9.17, 15) is 9.59 Å². The van der Waals surface area contributed by atoms with Crippen LogP contribution in [0.4, 0.5) is 0 Å². The Morgan fingerprint density at radius 3 is 2.28 bits per heavy atom. The topological polar surface area (TPSA) is 52.7 Å². The molecule has 5 heteroatoms. The molecule has 2 rings (SSSR count). The Balaban J connectivity index is 1.79. The third kappa shape index (κ3) is 3.22. The third-order valence-electron chi connectivity index (χ3n) is 3.95. The van der Waals surface area contributed by atoms with Crippen LogP contribution in [0.5, 0.6) is 0 Å². The molecule has 1 N–H and O–H groups in total. The van der Waals surface area contributed by atoms with Crippen LogP contribution in [0.25, 0.3) is 0 Å².